The Balaban J connectivity index is 1.80. The molecule has 2 heterocycles. The van der Waals surface area contributed by atoms with Crippen LogP contribution in [0.3, 0.4) is 0 Å². The zero-order chi connectivity index (χ0) is 14.1. The number of furan rings is 1. The van der Waals surface area contributed by atoms with Crippen molar-refractivity contribution in [2.24, 2.45) is 5.92 Å². The van der Waals surface area contributed by atoms with Gasteiger partial charge in [0, 0.05) is 11.4 Å². The Morgan fingerprint density at radius 1 is 1.45 bits per heavy atom. The van der Waals surface area contributed by atoms with Crippen LogP contribution in [-0.4, -0.2) is 41.5 Å². The molecular formula is C16H19NO3. The van der Waals surface area contributed by atoms with Crippen LogP contribution in [0.15, 0.2) is 34.9 Å². The van der Waals surface area contributed by atoms with Gasteiger partial charge < -0.3 is 9.52 Å². The minimum Gasteiger partial charge on any atom is -0.464 e. The predicted octanol–water partition coefficient (Wildman–Crippen LogP) is 2.32. The molecule has 1 N–H and O–H groups in total. The minimum absolute atomic E-state index is 0.0579. The summed E-state index contributed by atoms with van der Waals surface area (Å²) in [6, 6.07) is 7.66. The number of rotatable bonds is 4. The first-order chi connectivity index (χ1) is 9.70. The number of likely N-dealkylation sites (tertiary alicyclic amines) is 1. The highest BCUT2D eigenvalue weighted by molar-refractivity contribution is 6.08. The van der Waals surface area contributed by atoms with Gasteiger partial charge in [-0.2, -0.15) is 0 Å². The molecule has 2 aromatic rings. The van der Waals surface area contributed by atoms with Crippen molar-refractivity contribution in [2.45, 2.75) is 19.4 Å². The summed E-state index contributed by atoms with van der Waals surface area (Å²) in [4.78, 5) is 14.5. The van der Waals surface area contributed by atoms with Gasteiger partial charge in [0.05, 0.1) is 18.7 Å². The lowest BCUT2D eigenvalue weighted by Crippen LogP contribution is -2.38. The van der Waals surface area contributed by atoms with Crippen LogP contribution >= 0.6 is 0 Å². The predicted molar refractivity (Wildman–Crippen MR) is 76.8 cm³/mol. The Morgan fingerprint density at radius 3 is 3.05 bits per heavy atom. The molecule has 1 aliphatic rings. The maximum absolute atomic E-state index is 12.5. The van der Waals surface area contributed by atoms with E-state index in [0.717, 1.165) is 23.9 Å². The average Bonchev–Trinajstić information content (AvgIpc) is 3.02. The summed E-state index contributed by atoms with van der Waals surface area (Å²) >= 11 is 0. The van der Waals surface area contributed by atoms with E-state index in [1.165, 1.54) is 0 Å². The Bertz CT molecular complexity index is 619. The molecule has 0 aliphatic carbocycles. The van der Waals surface area contributed by atoms with Gasteiger partial charge in [0.15, 0.2) is 5.78 Å². The fourth-order valence-electron chi connectivity index (χ4n) is 3.04. The third kappa shape index (κ3) is 2.25. The lowest BCUT2D eigenvalue weighted by atomic mass is 10.0. The van der Waals surface area contributed by atoms with Crippen molar-refractivity contribution in [1.29, 1.82) is 0 Å². The van der Waals surface area contributed by atoms with Gasteiger partial charge in [-0.15, -0.1) is 0 Å². The summed E-state index contributed by atoms with van der Waals surface area (Å²) in [5.41, 5.74) is 1.38. The molecule has 0 saturated carbocycles. The maximum atomic E-state index is 12.5. The molecule has 0 radical (unpaired) electrons. The van der Waals surface area contributed by atoms with Gasteiger partial charge in [-0.1, -0.05) is 25.1 Å². The van der Waals surface area contributed by atoms with E-state index in [2.05, 4.69) is 11.8 Å². The molecule has 1 aliphatic heterocycles. The van der Waals surface area contributed by atoms with E-state index in [1.54, 1.807) is 6.26 Å². The van der Waals surface area contributed by atoms with Gasteiger partial charge in [0.25, 0.3) is 0 Å². The molecule has 2 unspecified atom stereocenters. The lowest BCUT2D eigenvalue weighted by molar-refractivity contribution is 0.0867. The number of carbonyl (C=O) groups excluding carboxylic acids is 1. The van der Waals surface area contributed by atoms with E-state index in [1.807, 2.05) is 24.3 Å². The number of hydrogen-bond donors (Lipinski definition) is 1. The third-order valence-electron chi connectivity index (χ3n) is 4.31. The van der Waals surface area contributed by atoms with E-state index in [4.69, 9.17) is 4.42 Å². The van der Waals surface area contributed by atoms with Crippen LogP contribution in [-0.2, 0) is 0 Å². The molecule has 1 aromatic carbocycles. The fourth-order valence-corrected chi connectivity index (χ4v) is 3.04. The second-order valence-corrected chi connectivity index (χ2v) is 5.56. The van der Waals surface area contributed by atoms with Crippen molar-refractivity contribution < 1.29 is 14.3 Å². The Kier molecular flexibility index (Phi) is 3.59. The SMILES string of the molecule is CC1CCN(CC(=O)c2coc3ccccc23)C1CO. The molecular weight excluding hydrogens is 254 g/mol. The van der Waals surface area contributed by atoms with E-state index in [9.17, 15) is 9.90 Å². The number of fused-ring (bicyclic) bond motifs is 1. The van der Waals surface area contributed by atoms with Crippen LogP contribution in [0.4, 0.5) is 0 Å². The molecule has 4 heteroatoms. The molecule has 4 nitrogen and oxygen atoms in total. The van der Waals surface area contributed by atoms with Gasteiger partial charge in [0.2, 0.25) is 0 Å². The zero-order valence-corrected chi connectivity index (χ0v) is 11.6. The van der Waals surface area contributed by atoms with Crippen molar-refractivity contribution in [3.8, 4) is 0 Å². The quantitative estimate of drug-likeness (QED) is 0.869. The molecule has 2 atom stereocenters. The van der Waals surface area contributed by atoms with Crippen molar-refractivity contribution >= 4 is 16.8 Å². The molecule has 0 bridgehead atoms. The standard InChI is InChI=1S/C16H19NO3/c1-11-6-7-17(14(11)9-18)8-15(19)13-10-20-16-5-3-2-4-12(13)16/h2-5,10-11,14,18H,6-9H2,1H3. The van der Waals surface area contributed by atoms with Crippen LogP contribution in [0.25, 0.3) is 11.0 Å². The second kappa shape index (κ2) is 5.38. The van der Waals surface area contributed by atoms with Crippen molar-refractivity contribution in [3.05, 3.63) is 36.1 Å². The molecule has 106 valence electrons. The smallest absolute Gasteiger partial charge is 0.180 e. The zero-order valence-electron chi connectivity index (χ0n) is 11.6. The monoisotopic (exact) mass is 273 g/mol. The summed E-state index contributed by atoms with van der Waals surface area (Å²) < 4.78 is 5.42. The number of Topliss-reactive ketones (excluding diaryl/α,β-unsaturated/α-hetero) is 1. The Hall–Kier alpha value is -1.65. The summed E-state index contributed by atoms with van der Waals surface area (Å²) in [6.45, 7) is 3.45. The van der Waals surface area contributed by atoms with E-state index < -0.39 is 0 Å². The van der Waals surface area contributed by atoms with Crippen LogP contribution in [0.1, 0.15) is 23.7 Å². The van der Waals surface area contributed by atoms with Crippen LogP contribution < -0.4 is 0 Å². The largest absolute Gasteiger partial charge is 0.464 e. The topological polar surface area (TPSA) is 53.7 Å². The first-order valence-electron chi connectivity index (χ1n) is 7.05. The van der Waals surface area contributed by atoms with E-state index in [0.29, 0.717) is 18.0 Å². The molecule has 3 rings (SSSR count). The molecule has 0 spiro atoms. The summed E-state index contributed by atoms with van der Waals surface area (Å²) in [5, 5.41) is 10.3. The molecule has 1 saturated heterocycles. The highest BCUT2D eigenvalue weighted by atomic mass is 16.3. The summed E-state index contributed by atoms with van der Waals surface area (Å²) in [5.74, 6) is 0.497. The molecule has 0 amide bonds. The number of benzene rings is 1. The van der Waals surface area contributed by atoms with Gasteiger partial charge >= 0.3 is 0 Å². The van der Waals surface area contributed by atoms with Crippen LogP contribution in [0, 0.1) is 5.92 Å². The number of aliphatic hydroxyl groups is 1. The fraction of sp³-hybridized carbons (Fsp3) is 0.438. The summed E-state index contributed by atoms with van der Waals surface area (Å²) in [7, 11) is 0. The number of nitrogens with zero attached hydrogens (tertiary/aromatic N) is 1. The Labute approximate surface area is 118 Å². The number of ketones is 1. The Morgan fingerprint density at radius 2 is 2.25 bits per heavy atom. The molecule has 1 aromatic heterocycles. The first kappa shape index (κ1) is 13.3. The second-order valence-electron chi connectivity index (χ2n) is 5.56. The van der Waals surface area contributed by atoms with Gasteiger partial charge in [-0.25, -0.2) is 0 Å². The maximum Gasteiger partial charge on any atom is 0.180 e. The number of aliphatic hydroxyl groups excluding tert-OH is 1. The van der Waals surface area contributed by atoms with Gasteiger partial charge in [-0.3, -0.25) is 9.69 Å². The normalized spacial score (nSPS) is 23.5. The van der Waals surface area contributed by atoms with Crippen LogP contribution in [0.2, 0.25) is 0 Å². The van der Waals surface area contributed by atoms with E-state index in [-0.39, 0.29) is 18.4 Å². The average molecular weight is 273 g/mol. The number of carbonyl (C=O) groups is 1. The molecule has 20 heavy (non-hydrogen) atoms. The van der Waals surface area contributed by atoms with E-state index >= 15 is 0 Å². The summed E-state index contributed by atoms with van der Waals surface area (Å²) in [6.07, 6.45) is 2.57. The first-order valence-corrected chi connectivity index (χ1v) is 7.05. The van der Waals surface area contributed by atoms with Crippen molar-refractivity contribution in [3.63, 3.8) is 0 Å². The molecule has 1 fully saturated rings. The highest BCUT2D eigenvalue weighted by Gasteiger charge is 2.32. The van der Waals surface area contributed by atoms with Crippen molar-refractivity contribution in [1.82, 2.24) is 4.90 Å². The van der Waals surface area contributed by atoms with Gasteiger partial charge in [0.1, 0.15) is 11.8 Å². The number of para-hydroxylation sites is 1. The lowest BCUT2D eigenvalue weighted by Gasteiger charge is -2.23. The van der Waals surface area contributed by atoms with Gasteiger partial charge in [-0.05, 0) is 24.9 Å². The third-order valence-corrected chi connectivity index (χ3v) is 4.31. The minimum atomic E-state index is 0.0579. The highest BCUT2D eigenvalue weighted by Crippen LogP contribution is 2.25. The van der Waals surface area contributed by atoms with Crippen molar-refractivity contribution in [2.75, 3.05) is 19.7 Å². The number of hydrogen-bond acceptors (Lipinski definition) is 4. The van der Waals surface area contributed by atoms with Crippen LogP contribution in [0.5, 0.6) is 0 Å².